The number of likely N-dealkylation sites (tertiary alicyclic amines) is 1. The van der Waals surface area contributed by atoms with Crippen LogP contribution in [0.5, 0.6) is 0 Å². The second kappa shape index (κ2) is 7.52. The normalized spacial score (nSPS) is 17.7. The average Bonchev–Trinajstić information content (AvgIpc) is 2.32. The standard InChI is InChI=1S/C15H24N2.H2O/c1-13(2)16-15-8-10-17(11-9-15)12-14-6-4-3-5-7-14;/h3-7,13,15-16H,8-12H2,1-2H3;1H2. The second-order valence-corrected chi connectivity index (χ2v) is 5.36. The number of piperidine rings is 1. The van der Waals surface area contributed by atoms with Gasteiger partial charge in [-0.2, -0.15) is 0 Å². The quantitative estimate of drug-likeness (QED) is 0.886. The Hall–Kier alpha value is -0.900. The number of rotatable bonds is 4. The Morgan fingerprint density at radius 3 is 2.33 bits per heavy atom. The van der Waals surface area contributed by atoms with Crippen molar-refractivity contribution < 1.29 is 5.48 Å². The van der Waals surface area contributed by atoms with Crippen LogP contribution in [-0.2, 0) is 6.54 Å². The summed E-state index contributed by atoms with van der Waals surface area (Å²) in [6, 6.07) is 12.1. The van der Waals surface area contributed by atoms with Gasteiger partial charge in [-0.05, 0) is 31.5 Å². The van der Waals surface area contributed by atoms with E-state index in [-0.39, 0.29) is 5.48 Å². The molecule has 3 nitrogen and oxygen atoms in total. The molecule has 2 rings (SSSR count). The van der Waals surface area contributed by atoms with Crippen LogP contribution in [0.3, 0.4) is 0 Å². The van der Waals surface area contributed by atoms with Gasteiger partial charge in [-0.1, -0.05) is 44.2 Å². The zero-order valence-electron chi connectivity index (χ0n) is 11.5. The van der Waals surface area contributed by atoms with E-state index in [9.17, 15) is 0 Å². The highest BCUT2D eigenvalue weighted by atomic mass is 16.0. The van der Waals surface area contributed by atoms with Gasteiger partial charge >= 0.3 is 0 Å². The number of nitrogens with one attached hydrogen (secondary N) is 1. The number of hydrogen-bond donors (Lipinski definition) is 1. The lowest BCUT2D eigenvalue weighted by molar-refractivity contribution is 0.186. The molecule has 0 atom stereocenters. The number of nitrogens with zero attached hydrogens (tertiary/aromatic N) is 1. The van der Waals surface area contributed by atoms with Crippen molar-refractivity contribution >= 4 is 0 Å². The molecule has 1 heterocycles. The van der Waals surface area contributed by atoms with Crippen LogP contribution >= 0.6 is 0 Å². The molecule has 18 heavy (non-hydrogen) atoms. The van der Waals surface area contributed by atoms with Crippen molar-refractivity contribution in [3.05, 3.63) is 35.9 Å². The lowest BCUT2D eigenvalue weighted by Gasteiger charge is -2.33. The van der Waals surface area contributed by atoms with E-state index in [4.69, 9.17) is 0 Å². The molecule has 3 N–H and O–H groups in total. The summed E-state index contributed by atoms with van der Waals surface area (Å²) in [5, 5.41) is 3.64. The minimum Gasteiger partial charge on any atom is -0.412 e. The van der Waals surface area contributed by atoms with Gasteiger partial charge in [-0.25, -0.2) is 0 Å². The summed E-state index contributed by atoms with van der Waals surface area (Å²) < 4.78 is 0. The number of benzene rings is 1. The Labute approximate surface area is 111 Å². The van der Waals surface area contributed by atoms with Gasteiger partial charge in [0.25, 0.3) is 0 Å². The molecule has 0 aliphatic carbocycles. The van der Waals surface area contributed by atoms with Crippen LogP contribution in [0.15, 0.2) is 30.3 Å². The lowest BCUT2D eigenvalue weighted by atomic mass is 10.0. The molecule has 0 aromatic heterocycles. The van der Waals surface area contributed by atoms with E-state index in [2.05, 4.69) is 54.4 Å². The third-order valence-electron chi connectivity index (χ3n) is 3.41. The van der Waals surface area contributed by atoms with Crippen LogP contribution in [-0.4, -0.2) is 35.5 Å². The minimum absolute atomic E-state index is 0. The second-order valence-electron chi connectivity index (χ2n) is 5.36. The maximum absolute atomic E-state index is 3.64. The maximum atomic E-state index is 3.64. The molecule has 0 amide bonds. The molecule has 1 aliphatic heterocycles. The summed E-state index contributed by atoms with van der Waals surface area (Å²) in [6.45, 7) is 8.01. The Morgan fingerprint density at radius 1 is 1.17 bits per heavy atom. The molecule has 3 heteroatoms. The summed E-state index contributed by atoms with van der Waals surface area (Å²) in [6.07, 6.45) is 2.57. The number of hydrogen-bond acceptors (Lipinski definition) is 2. The van der Waals surface area contributed by atoms with Crippen molar-refractivity contribution in [1.29, 1.82) is 0 Å². The molecule has 1 fully saturated rings. The molecule has 102 valence electrons. The van der Waals surface area contributed by atoms with Crippen LogP contribution in [0.1, 0.15) is 32.3 Å². The monoisotopic (exact) mass is 250 g/mol. The molecule has 0 unspecified atom stereocenters. The Balaban J connectivity index is 0.00000162. The third kappa shape index (κ3) is 4.77. The fourth-order valence-electron chi connectivity index (χ4n) is 2.57. The van der Waals surface area contributed by atoms with Gasteiger partial charge in [-0.15, -0.1) is 0 Å². The highest BCUT2D eigenvalue weighted by Gasteiger charge is 2.19. The van der Waals surface area contributed by atoms with E-state index in [1.54, 1.807) is 0 Å². The molecule has 1 saturated heterocycles. The molecule has 0 saturated carbocycles. The van der Waals surface area contributed by atoms with Gasteiger partial charge < -0.3 is 10.8 Å². The molecule has 0 spiro atoms. The topological polar surface area (TPSA) is 46.8 Å². The van der Waals surface area contributed by atoms with E-state index in [1.807, 2.05) is 0 Å². The minimum atomic E-state index is 0. The predicted octanol–water partition coefficient (Wildman–Crippen LogP) is 1.82. The maximum Gasteiger partial charge on any atom is 0.0233 e. The van der Waals surface area contributed by atoms with Crippen molar-refractivity contribution in [3.63, 3.8) is 0 Å². The Morgan fingerprint density at radius 2 is 1.78 bits per heavy atom. The summed E-state index contributed by atoms with van der Waals surface area (Å²) in [5.74, 6) is 0. The summed E-state index contributed by atoms with van der Waals surface area (Å²) >= 11 is 0. The lowest BCUT2D eigenvalue weighted by Crippen LogP contribution is -2.44. The van der Waals surface area contributed by atoms with E-state index in [0.29, 0.717) is 6.04 Å². The van der Waals surface area contributed by atoms with Crippen LogP contribution in [0.25, 0.3) is 0 Å². The summed E-state index contributed by atoms with van der Waals surface area (Å²) in [4.78, 5) is 2.56. The zero-order valence-corrected chi connectivity index (χ0v) is 11.5. The van der Waals surface area contributed by atoms with Gasteiger partial charge in [0.1, 0.15) is 0 Å². The van der Waals surface area contributed by atoms with E-state index in [0.717, 1.165) is 12.6 Å². The van der Waals surface area contributed by atoms with Crippen LogP contribution in [0.2, 0.25) is 0 Å². The van der Waals surface area contributed by atoms with Crippen molar-refractivity contribution in [2.75, 3.05) is 13.1 Å². The molecular weight excluding hydrogens is 224 g/mol. The molecule has 0 bridgehead atoms. The van der Waals surface area contributed by atoms with E-state index >= 15 is 0 Å². The molecule has 0 radical (unpaired) electrons. The SMILES string of the molecule is CC(C)NC1CCN(Cc2ccccc2)CC1.O. The highest BCUT2D eigenvalue weighted by molar-refractivity contribution is 5.14. The van der Waals surface area contributed by atoms with Crippen molar-refractivity contribution in [3.8, 4) is 0 Å². The highest BCUT2D eigenvalue weighted by Crippen LogP contribution is 2.14. The van der Waals surface area contributed by atoms with E-state index < -0.39 is 0 Å². The summed E-state index contributed by atoms with van der Waals surface area (Å²) in [5.41, 5.74) is 1.43. The van der Waals surface area contributed by atoms with Crippen LogP contribution in [0, 0.1) is 0 Å². The molecular formula is C15H26N2O. The summed E-state index contributed by atoms with van der Waals surface area (Å²) in [7, 11) is 0. The third-order valence-corrected chi connectivity index (χ3v) is 3.41. The van der Waals surface area contributed by atoms with Crippen molar-refractivity contribution in [2.24, 2.45) is 0 Å². The average molecular weight is 250 g/mol. The smallest absolute Gasteiger partial charge is 0.0233 e. The first-order valence-electron chi connectivity index (χ1n) is 6.76. The largest absolute Gasteiger partial charge is 0.412 e. The molecule has 1 aromatic rings. The molecule has 1 aromatic carbocycles. The van der Waals surface area contributed by atoms with Gasteiger partial charge in [0.05, 0.1) is 0 Å². The zero-order chi connectivity index (χ0) is 12.1. The first kappa shape index (κ1) is 15.2. The van der Waals surface area contributed by atoms with Gasteiger partial charge in [0.15, 0.2) is 0 Å². The first-order valence-corrected chi connectivity index (χ1v) is 6.76. The van der Waals surface area contributed by atoms with Crippen molar-refractivity contribution in [2.45, 2.75) is 45.3 Å². The predicted molar refractivity (Wildman–Crippen MR) is 76.6 cm³/mol. The fourth-order valence-corrected chi connectivity index (χ4v) is 2.57. The fraction of sp³-hybridized carbons (Fsp3) is 0.600. The Kier molecular flexibility index (Phi) is 6.33. The van der Waals surface area contributed by atoms with Gasteiger partial charge in [0, 0.05) is 18.6 Å². The Bertz CT molecular complexity index is 319. The van der Waals surface area contributed by atoms with Crippen LogP contribution in [0.4, 0.5) is 0 Å². The van der Waals surface area contributed by atoms with Crippen LogP contribution < -0.4 is 5.32 Å². The van der Waals surface area contributed by atoms with Gasteiger partial charge in [0.2, 0.25) is 0 Å². The van der Waals surface area contributed by atoms with Crippen molar-refractivity contribution in [1.82, 2.24) is 10.2 Å². The van der Waals surface area contributed by atoms with Gasteiger partial charge in [-0.3, -0.25) is 4.90 Å². The molecule has 1 aliphatic rings. The van der Waals surface area contributed by atoms with E-state index in [1.165, 1.54) is 31.5 Å². The first-order chi connectivity index (χ1) is 8.24.